The molecule has 6 heteroatoms. The van der Waals surface area contributed by atoms with Crippen molar-refractivity contribution in [2.45, 2.75) is 0 Å². The zero-order chi connectivity index (χ0) is 24.2. The SMILES string of the molecule is COc1ccccc1NC(=O)c1oc2ccccc2c1NC(=O)c1ccc(-c2ccccc2)cc1. The first-order chi connectivity index (χ1) is 17.1. The molecule has 6 nitrogen and oxygen atoms in total. The van der Waals surface area contributed by atoms with Crippen LogP contribution < -0.4 is 15.4 Å². The molecule has 5 rings (SSSR count). The quantitative estimate of drug-likeness (QED) is 0.297. The van der Waals surface area contributed by atoms with Gasteiger partial charge in [-0.3, -0.25) is 9.59 Å². The van der Waals surface area contributed by atoms with E-state index in [0.717, 1.165) is 11.1 Å². The van der Waals surface area contributed by atoms with Gasteiger partial charge in [-0.2, -0.15) is 0 Å². The van der Waals surface area contributed by atoms with Gasteiger partial charge in [-0.15, -0.1) is 0 Å². The van der Waals surface area contributed by atoms with Crippen LogP contribution in [0, 0.1) is 0 Å². The van der Waals surface area contributed by atoms with E-state index in [1.807, 2.05) is 60.7 Å². The number of fused-ring (bicyclic) bond motifs is 1. The monoisotopic (exact) mass is 462 g/mol. The Labute approximate surface area is 202 Å². The number of furan rings is 1. The van der Waals surface area contributed by atoms with Crippen molar-refractivity contribution in [1.29, 1.82) is 0 Å². The first-order valence-corrected chi connectivity index (χ1v) is 11.1. The first-order valence-electron chi connectivity index (χ1n) is 11.1. The lowest BCUT2D eigenvalue weighted by Gasteiger charge is -2.10. The highest BCUT2D eigenvalue weighted by Gasteiger charge is 2.23. The summed E-state index contributed by atoms with van der Waals surface area (Å²) >= 11 is 0. The lowest BCUT2D eigenvalue weighted by molar-refractivity contribution is 0.0999. The Morgan fingerprint density at radius 3 is 2.11 bits per heavy atom. The molecule has 0 aliphatic rings. The normalized spacial score (nSPS) is 10.7. The number of anilines is 2. The number of ether oxygens (including phenoxy) is 1. The summed E-state index contributed by atoms with van der Waals surface area (Å²) in [4.78, 5) is 26.3. The standard InChI is InChI=1S/C29H22N2O4/c1-34-25-14-8-6-12-23(25)30-29(33)27-26(22-11-5-7-13-24(22)35-27)31-28(32)21-17-15-20(16-18-21)19-9-3-2-4-10-19/h2-18H,1H3,(H,30,33)(H,31,32). The van der Waals surface area contributed by atoms with Crippen molar-refractivity contribution in [3.05, 3.63) is 114 Å². The molecule has 0 spiro atoms. The third-order valence-electron chi connectivity index (χ3n) is 5.65. The van der Waals surface area contributed by atoms with E-state index < -0.39 is 5.91 Å². The van der Waals surface area contributed by atoms with Crippen LogP contribution in [0.15, 0.2) is 108 Å². The molecule has 2 amide bonds. The Morgan fingerprint density at radius 2 is 1.34 bits per heavy atom. The Bertz CT molecular complexity index is 1510. The van der Waals surface area contributed by atoms with Gasteiger partial charge in [0.15, 0.2) is 0 Å². The van der Waals surface area contributed by atoms with Gasteiger partial charge < -0.3 is 19.8 Å². The van der Waals surface area contributed by atoms with Gasteiger partial charge in [0.2, 0.25) is 5.76 Å². The number of para-hydroxylation sites is 3. The molecule has 5 aromatic rings. The summed E-state index contributed by atoms with van der Waals surface area (Å²) in [5, 5.41) is 6.32. The number of amides is 2. The maximum absolute atomic E-state index is 13.2. The number of benzene rings is 4. The minimum atomic E-state index is -0.500. The molecule has 172 valence electrons. The van der Waals surface area contributed by atoms with E-state index in [1.165, 1.54) is 7.11 Å². The molecule has 0 radical (unpaired) electrons. The number of hydrogen-bond acceptors (Lipinski definition) is 4. The first kappa shape index (κ1) is 22.0. The average molecular weight is 463 g/mol. The van der Waals surface area contributed by atoms with E-state index in [2.05, 4.69) is 10.6 Å². The molecule has 0 bridgehead atoms. The zero-order valence-electron chi connectivity index (χ0n) is 18.9. The average Bonchev–Trinajstić information content (AvgIpc) is 3.28. The maximum atomic E-state index is 13.2. The fraction of sp³-hybridized carbons (Fsp3) is 0.0345. The summed E-state index contributed by atoms with van der Waals surface area (Å²) < 4.78 is 11.2. The topological polar surface area (TPSA) is 80.6 Å². The van der Waals surface area contributed by atoms with Crippen molar-refractivity contribution < 1.29 is 18.7 Å². The van der Waals surface area contributed by atoms with Crippen LogP contribution in [-0.2, 0) is 0 Å². The van der Waals surface area contributed by atoms with Crippen molar-refractivity contribution in [3.8, 4) is 16.9 Å². The van der Waals surface area contributed by atoms with Crippen LogP contribution in [0.1, 0.15) is 20.9 Å². The molecule has 0 atom stereocenters. The van der Waals surface area contributed by atoms with Crippen molar-refractivity contribution in [2.75, 3.05) is 17.7 Å². The van der Waals surface area contributed by atoms with Crippen LogP contribution in [0.4, 0.5) is 11.4 Å². The fourth-order valence-corrected chi connectivity index (χ4v) is 3.89. The molecule has 0 aliphatic carbocycles. The molecule has 35 heavy (non-hydrogen) atoms. The van der Waals surface area contributed by atoms with Crippen LogP contribution in [0.3, 0.4) is 0 Å². The van der Waals surface area contributed by atoms with Gasteiger partial charge in [-0.25, -0.2) is 0 Å². The van der Waals surface area contributed by atoms with Gasteiger partial charge in [0.25, 0.3) is 11.8 Å². The molecule has 0 fully saturated rings. The second kappa shape index (κ2) is 9.57. The van der Waals surface area contributed by atoms with Crippen LogP contribution in [0.5, 0.6) is 5.75 Å². The van der Waals surface area contributed by atoms with Gasteiger partial charge in [-0.05, 0) is 47.5 Å². The lowest BCUT2D eigenvalue weighted by atomic mass is 10.0. The van der Waals surface area contributed by atoms with Crippen molar-refractivity contribution in [2.24, 2.45) is 0 Å². The highest BCUT2D eigenvalue weighted by molar-refractivity contribution is 6.17. The number of carbonyl (C=O) groups excluding carboxylic acids is 2. The molecule has 0 unspecified atom stereocenters. The fourth-order valence-electron chi connectivity index (χ4n) is 3.89. The summed E-state index contributed by atoms with van der Waals surface area (Å²) in [5.41, 5.74) is 3.83. The van der Waals surface area contributed by atoms with Gasteiger partial charge in [-0.1, -0.05) is 66.7 Å². The van der Waals surface area contributed by atoms with Gasteiger partial charge in [0.1, 0.15) is 17.0 Å². The third-order valence-corrected chi connectivity index (χ3v) is 5.65. The summed E-state index contributed by atoms with van der Waals surface area (Å²) in [6, 6.07) is 31.5. The molecule has 2 N–H and O–H groups in total. The minimum Gasteiger partial charge on any atom is -0.495 e. The Kier molecular flexibility index (Phi) is 6.01. The number of hydrogen-bond donors (Lipinski definition) is 2. The molecular weight excluding hydrogens is 440 g/mol. The van der Waals surface area contributed by atoms with E-state index in [1.54, 1.807) is 42.5 Å². The summed E-state index contributed by atoms with van der Waals surface area (Å²) in [6.45, 7) is 0. The number of rotatable bonds is 6. The van der Waals surface area contributed by atoms with E-state index in [4.69, 9.17) is 9.15 Å². The van der Waals surface area contributed by atoms with E-state index in [-0.39, 0.29) is 11.7 Å². The number of nitrogens with one attached hydrogen (secondary N) is 2. The van der Waals surface area contributed by atoms with Gasteiger partial charge in [0, 0.05) is 10.9 Å². The summed E-state index contributed by atoms with van der Waals surface area (Å²) in [7, 11) is 1.53. The molecular formula is C29H22N2O4. The zero-order valence-corrected chi connectivity index (χ0v) is 18.9. The van der Waals surface area contributed by atoms with E-state index in [0.29, 0.717) is 33.7 Å². The summed E-state index contributed by atoms with van der Waals surface area (Å²) in [5.74, 6) is -0.324. The van der Waals surface area contributed by atoms with Crippen LogP contribution in [0.25, 0.3) is 22.1 Å². The predicted molar refractivity (Wildman–Crippen MR) is 137 cm³/mol. The minimum absolute atomic E-state index is 0.00589. The second-order valence-corrected chi connectivity index (χ2v) is 7.85. The smallest absolute Gasteiger partial charge is 0.293 e. The number of methoxy groups -OCH3 is 1. The van der Waals surface area contributed by atoms with Crippen molar-refractivity contribution in [1.82, 2.24) is 0 Å². The molecule has 0 saturated heterocycles. The van der Waals surface area contributed by atoms with Crippen molar-refractivity contribution in [3.63, 3.8) is 0 Å². The van der Waals surface area contributed by atoms with Gasteiger partial charge in [0.05, 0.1) is 12.8 Å². The molecule has 0 saturated carbocycles. The molecule has 1 heterocycles. The highest BCUT2D eigenvalue weighted by Crippen LogP contribution is 2.33. The molecule has 1 aromatic heterocycles. The maximum Gasteiger partial charge on any atom is 0.293 e. The Morgan fingerprint density at radius 1 is 0.686 bits per heavy atom. The predicted octanol–water partition coefficient (Wildman–Crippen LogP) is 6.61. The van der Waals surface area contributed by atoms with Crippen LogP contribution in [-0.4, -0.2) is 18.9 Å². The van der Waals surface area contributed by atoms with Crippen LogP contribution >= 0.6 is 0 Å². The summed E-state index contributed by atoms with van der Waals surface area (Å²) in [6.07, 6.45) is 0. The van der Waals surface area contributed by atoms with Gasteiger partial charge >= 0.3 is 0 Å². The Hall–Kier alpha value is -4.84. The molecule has 4 aromatic carbocycles. The third kappa shape index (κ3) is 4.50. The largest absolute Gasteiger partial charge is 0.495 e. The molecule has 0 aliphatic heterocycles. The van der Waals surface area contributed by atoms with E-state index >= 15 is 0 Å². The Balaban J connectivity index is 1.44. The number of carbonyl (C=O) groups is 2. The van der Waals surface area contributed by atoms with E-state index in [9.17, 15) is 9.59 Å². The van der Waals surface area contributed by atoms with Crippen molar-refractivity contribution >= 4 is 34.2 Å². The van der Waals surface area contributed by atoms with Crippen LogP contribution in [0.2, 0.25) is 0 Å². The second-order valence-electron chi connectivity index (χ2n) is 7.85. The lowest BCUT2D eigenvalue weighted by Crippen LogP contribution is -2.17. The highest BCUT2D eigenvalue weighted by atomic mass is 16.5.